The first-order chi connectivity index (χ1) is 9.10. The summed E-state index contributed by atoms with van der Waals surface area (Å²) in [5, 5.41) is 13.6. The van der Waals surface area contributed by atoms with E-state index in [2.05, 4.69) is 5.10 Å². The van der Waals surface area contributed by atoms with Gasteiger partial charge in [0.05, 0.1) is 11.2 Å². The molecule has 1 aromatic heterocycles. The number of aromatic nitrogens is 2. The largest absolute Gasteiger partial charge is 0.478 e. The minimum Gasteiger partial charge on any atom is -0.478 e. The molecule has 0 atom stereocenters. The Morgan fingerprint density at radius 3 is 2.40 bits per heavy atom. The molecule has 1 fully saturated rings. The highest BCUT2D eigenvalue weighted by atomic mass is 19.3. The molecule has 1 heterocycles. The van der Waals surface area contributed by atoms with E-state index in [9.17, 15) is 18.7 Å². The molecule has 2 rings (SSSR count). The van der Waals surface area contributed by atoms with Gasteiger partial charge in [-0.05, 0) is 33.6 Å². The minimum atomic E-state index is -2.62. The maximum Gasteiger partial charge on any atom is 0.339 e. The van der Waals surface area contributed by atoms with Crippen LogP contribution in [-0.4, -0.2) is 26.8 Å². The summed E-state index contributed by atoms with van der Waals surface area (Å²) < 4.78 is 28.0. The monoisotopic (exact) mass is 286 g/mol. The van der Waals surface area contributed by atoms with Crippen molar-refractivity contribution in [2.45, 2.75) is 63.8 Å². The van der Waals surface area contributed by atoms with Crippen molar-refractivity contribution in [1.29, 1.82) is 0 Å². The standard InChI is InChI=1S/C14H20F2N2O2/c1-13(2,3)18-8-10(12(19)20)11(17-18)9-4-6-14(15,16)7-5-9/h8-9H,4-7H2,1-3H3,(H,19,20). The van der Waals surface area contributed by atoms with Crippen LogP contribution in [0, 0.1) is 0 Å². The van der Waals surface area contributed by atoms with Crippen molar-refractivity contribution in [3.05, 3.63) is 17.5 Å². The first kappa shape index (κ1) is 14.9. The van der Waals surface area contributed by atoms with Crippen molar-refractivity contribution in [2.75, 3.05) is 0 Å². The Morgan fingerprint density at radius 2 is 1.95 bits per heavy atom. The lowest BCUT2D eigenvalue weighted by Gasteiger charge is -2.27. The molecule has 0 aliphatic heterocycles. The maximum absolute atomic E-state index is 13.2. The van der Waals surface area contributed by atoms with Gasteiger partial charge in [-0.2, -0.15) is 5.10 Å². The normalized spacial score (nSPS) is 20.1. The molecule has 0 saturated heterocycles. The van der Waals surface area contributed by atoms with E-state index in [1.54, 1.807) is 4.68 Å². The zero-order valence-corrected chi connectivity index (χ0v) is 12.0. The number of aromatic carboxylic acids is 1. The molecule has 1 N–H and O–H groups in total. The predicted molar refractivity (Wildman–Crippen MR) is 70.3 cm³/mol. The van der Waals surface area contributed by atoms with E-state index in [4.69, 9.17) is 0 Å². The van der Waals surface area contributed by atoms with E-state index in [1.165, 1.54) is 6.20 Å². The van der Waals surface area contributed by atoms with Gasteiger partial charge >= 0.3 is 5.97 Å². The van der Waals surface area contributed by atoms with Crippen LogP contribution < -0.4 is 0 Å². The summed E-state index contributed by atoms with van der Waals surface area (Å²) in [6.07, 6.45) is 1.69. The minimum absolute atomic E-state index is 0.134. The van der Waals surface area contributed by atoms with Crippen LogP contribution in [0.2, 0.25) is 0 Å². The lowest BCUT2D eigenvalue weighted by Crippen LogP contribution is -2.25. The third kappa shape index (κ3) is 2.99. The first-order valence-electron chi connectivity index (χ1n) is 6.81. The number of halogens is 2. The first-order valence-corrected chi connectivity index (χ1v) is 6.81. The van der Waals surface area contributed by atoms with Crippen molar-refractivity contribution in [1.82, 2.24) is 9.78 Å². The Labute approximate surface area is 116 Å². The Balaban J connectivity index is 2.31. The molecule has 1 aliphatic carbocycles. The number of rotatable bonds is 2. The third-order valence-corrected chi connectivity index (χ3v) is 3.76. The average Bonchev–Trinajstić information content (AvgIpc) is 2.73. The number of hydrogen-bond donors (Lipinski definition) is 1. The molecule has 112 valence electrons. The summed E-state index contributed by atoms with van der Waals surface area (Å²) in [6.45, 7) is 5.76. The molecule has 0 unspecified atom stereocenters. The molecule has 0 bridgehead atoms. The zero-order valence-electron chi connectivity index (χ0n) is 12.0. The molecule has 1 aromatic rings. The molecular formula is C14H20F2N2O2. The molecule has 6 heteroatoms. The second-order valence-corrected chi connectivity index (χ2v) is 6.48. The van der Waals surface area contributed by atoms with Gasteiger partial charge in [0, 0.05) is 25.0 Å². The highest BCUT2D eigenvalue weighted by molar-refractivity contribution is 5.88. The van der Waals surface area contributed by atoms with Crippen molar-refractivity contribution in [2.24, 2.45) is 0 Å². The van der Waals surface area contributed by atoms with Gasteiger partial charge in [-0.15, -0.1) is 0 Å². The molecule has 0 radical (unpaired) electrons. The maximum atomic E-state index is 13.2. The van der Waals surface area contributed by atoms with Gasteiger partial charge in [0.25, 0.3) is 0 Å². The Morgan fingerprint density at radius 1 is 1.40 bits per heavy atom. The van der Waals surface area contributed by atoms with Gasteiger partial charge in [0.1, 0.15) is 5.56 Å². The Kier molecular flexibility index (Phi) is 3.60. The topological polar surface area (TPSA) is 55.1 Å². The van der Waals surface area contributed by atoms with Gasteiger partial charge in [-0.3, -0.25) is 4.68 Å². The summed E-state index contributed by atoms with van der Waals surface area (Å²) in [6, 6.07) is 0. The SMILES string of the molecule is CC(C)(C)n1cc(C(=O)O)c(C2CCC(F)(F)CC2)n1. The number of carbonyl (C=O) groups is 1. The van der Waals surface area contributed by atoms with Gasteiger partial charge in [-0.25, -0.2) is 13.6 Å². The number of carboxylic acid groups (broad SMARTS) is 1. The summed E-state index contributed by atoms with van der Waals surface area (Å²) in [5.41, 5.74) is 0.249. The van der Waals surface area contributed by atoms with Crippen LogP contribution in [-0.2, 0) is 5.54 Å². The number of carboxylic acids is 1. The van der Waals surface area contributed by atoms with Crippen molar-refractivity contribution in [3.63, 3.8) is 0 Å². The summed E-state index contributed by atoms with van der Waals surface area (Å²) in [7, 11) is 0. The third-order valence-electron chi connectivity index (χ3n) is 3.76. The van der Waals surface area contributed by atoms with Crippen LogP contribution in [0.15, 0.2) is 6.20 Å². The summed E-state index contributed by atoms with van der Waals surface area (Å²) in [4.78, 5) is 11.3. The highest BCUT2D eigenvalue weighted by Crippen LogP contribution is 2.41. The molecule has 1 saturated carbocycles. The number of alkyl halides is 2. The fraction of sp³-hybridized carbons (Fsp3) is 0.714. The zero-order chi connectivity index (χ0) is 15.1. The number of nitrogens with zero attached hydrogens (tertiary/aromatic N) is 2. The average molecular weight is 286 g/mol. The van der Waals surface area contributed by atoms with E-state index in [0.717, 1.165) is 0 Å². The molecule has 0 amide bonds. The van der Waals surface area contributed by atoms with Gasteiger partial charge < -0.3 is 5.11 Å². The van der Waals surface area contributed by atoms with Crippen LogP contribution in [0.3, 0.4) is 0 Å². The quantitative estimate of drug-likeness (QED) is 0.903. The fourth-order valence-electron chi connectivity index (χ4n) is 2.51. The Bertz CT molecular complexity index is 508. The van der Waals surface area contributed by atoms with Crippen molar-refractivity contribution >= 4 is 5.97 Å². The van der Waals surface area contributed by atoms with Crippen LogP contribution in [0.25, 0.3) is 0 Å². The van der Waals surface area contributed by atoms with E-state index in [-0.39, 0.29) is 42.7 Å². The molecule has 1 aliphatic rings. The van der Waals surface area contributed by atoms with Crippen molar-refractivity contribution in [3.8, 4) is 0 Å². The van der Waals surface area contributed by atoms with Crippen molar-refractivity contribution < 1.29 is 18.7 Å². The lowest BCUT2D eigenvalue weighted by molar-refractivity contribution is -0.0385. The fourth-order valence-corrected chi connectivity index (χ4v) is 2.51. The van der Waals surface area contributed by atoms with E-state index >= 15 is 0 Å². The van der Waals surface area contributed by atoms with Crippen LogP contribution >= 0.6 is 0 Å². The van der Waals surface area contributed by atoms with Gasteiger partial charge in [-0.1, -0.05) is 0 Å². The van der Waals surface area contributed by atoms with E-state index in [0.29, 0.717) is 5.69 Å². The highest BCUT2D eigenvalue weighted by Gasteiger charge is 2.38. The van der Waals surface area contributed by atoms with Gasteiger partial charge in [0.2, 0.25) is 5.92 Å². The second kappa shape index (κ2) is 4.82. The Hall–Kier alpha value is -1.46. The van der Waals surface area contributed by atoms with Crippen LogP contribution in [0.5, 0.6) is 0 Å². The molecule has 20 heavy (non-hydrogen) atoms. The summed E-state index contributed by atoms with van der Waals surface area (Å²) >= 11 is 0. The van der Waals surface area contributed by atoms with Gasteiger partial charge in [0.15, 0.2) is 0 Å². The smallest absolute Gasteiger partial charge is 0.339 e. The second-order valence-electron chi connectivity index (χ2n) is 6.48. The van der Waals surface area contributed by atoms with Crippen LogP contribution in [0.4, 0.5) is 8.78 Å². The molecule has 4 nitrogen and oxygen atoms in total. The predicted octanol–water partition coefficient (Wildman–Crippen LogP) is 3.63. The van der Waals surface area contributed by atoms with E-state index < -0.39 is 11.9 Å². The number of hydrogen-bond acceptors (Lipinski definition) is 2. The van der Waals surface area contributed by atoms with E-state index in [1.807, 2.05) is 20.8 Å². The molecular weight excluding hydrogens is 266 g/mol. The molecule has 0 spiro atoms. The summed E-state index contributed by atoms with van der Waals surface area (Å²) in [5.74, 6) is -3.86. The lowest BCUT2D eigenvalue weighted by atomic mass is 9.83. The van der Waals surface area contributed by atoms with Crippen LogP contribution in [0.1, 0.15) is 68.4 Å². The molecule has 0 aromatic carbocycles.